The van der Waals surface area contributed by atoms with E-state index in [9.17, 15) is 4.79 Å². The van der Waals surface area contributed by atoms with Crippen LogP contribution in [-0.4, -0.2) is 12.1 Å². The van der Waals surface area contributed by atoms with Crippen LogP contribution in [-0.2, 0) is 11.2 Å². The number of carbonyl (C=O) groups excluding carboxylic acids is 1. The van der Waals surface area contributed by atoms with Crippen molar-refractivity contribution in [3.63, 3.8) is 0 Å². The van der Waals surface area contributed by atoms with Crippen LogP contribution < -0.4 is 4.74 Å². The van der Waals surface area contributed by atoms with E-state index in [1.807, 2.05) is 24.3 Å². The van der Waals surface area contributed by atoms with Crippen molar-refractivity contribution in [2.45, 2.75) is 53.0 Å². The molecular formula is C17H24N2O2. The molecule has 0 heterocycles. The van der Waals surface area contributed by atoms with Crippen LogP contribution in [0.3, 0.4) is 0 Å². The fraction of sp³-hybridized carbons (Fsp3) is 0.529. The van der Waals surface area contributed by atoms with E-state index in [4.69, 9.17) is 10.00 Å². The molecule has 0 saturated heterocycles. The Morgan fingerprint density at radius 1 is 1.14 bits per heavy atom. The third-order valence-corrected chi connectivity index (χ3v) is 3.66. The van der Waals surface area contributed by atoms with Gasteiger partial charge in [0, 0.05) is 0 Å². The number of isocyanates is 1. The Morgan fingerprint density at radius 2 is 1.76 bits per heavy atom. The average molecular weight is 288 g/mol. The minimum Gasteiger partial charge on any atom is -0.388 e. The third kappa shape index (κ3) is 5.81. The van der Waals surface area contributed by atoms with Crippen LogP contribution in [0.2, 0.25) is 0 Å². The topological polar surface area (TPSA) is 62.4 Å². The quantitative estimate of drug-likeness (QED) is 0.472. The Morgan fingerprint density at radius 3 is 2.29 bits per heavy atom. The van der Waals surface area contributed by atoms with Gasteiger partial charge in [0.25, 0.3) is 6.26 Å². The van der Waals surface area contributed by atoms with E-state index in [1.54, 1.807) is 12.3 Å². The summed E-state index contributed by atoms with van der Waals surface area (Å²) in [4.78, 5) is 14.0. The van der Waals surface area contributed by atoms with Gasteiger partial charge < -0.3 is 4.74 Å². The van der Waals surface area contributed by atoms with Crippen LogP contribution in [0, 0.1) is 17.4 Å². The molecule has 0 N–H and O–H groups in total. The standard InChI is InChI=1S/C15H16N2O2.2CH4/c16-10-19-15-7-3-13(4-8-15)9-12-1-5-14(6-2-12)17-11-18;;/h3-4,7-8,12,14H,1-2,5-6,9H2;2*1H4. The van der Waals surface area contributed by atoms with Gasteiger partial charge in [-0.25, -0.2) is 9.79 Å². The second kappa shape index (κ2) is 9.74. The summed E-state index contributed by atoms with van der Waals surface area (Å²) in [5.74, 6) is 1.23. The zero-order chi connectivity index (χ0) is 13.5. The third-order valence-electron chi connectivity index (χ3n) is 3.66. The highest BCUT2D eigenvalue weighted by Gasteiger charge is 2.20. The molecular weight excluding hydrogens is 264 g/mol. The number of aliphatic imine (C=N–C) groups is 1. The first kappa shape index (κ1) is 18.9. The molecule has 0 atom stereocenters. The zero-order valence-corrected chi connectivity index (χ0v) is 10.7. The second-order valence-corrected chi connectivity index (χ2v) is 4.94. The molecule has 1 aliphatic carbocycles. The number of nitrogens with zero attached hydrogens (tertiary/aromatic N) is 2. The Kier molecular flexibility index (Phi) is 8.76. The van der Waals surface area contributed by atoms with Gasteiger partial charge in [0.05, 0.1) is 6.04 Å². The van der Waals surface area contributed by atoms with Crippen LogP contribution in [0.4, 0.5) is 0 Å². The lowest BCUT2D eigenvalue weighted by Crippen LogP contribution is -2.18. The maximum absolute atomic E-state index is 10.2. The van der Waals surface area contributed by atoms with Crippen LogP contribution in [0.5, 0.6) is 5.75 Å². The highest BCUT2D eigenvalue weighted by Crippen LogP contribution is 2.29. The summed E-state index contributed by atoms with van der Waals surface area (Å²) in [5, 5.41) is 8.41. The van der Waals surface area contributed by atoms with Crippen molar-refractivity contribution in [2.75, 3.05) is 0 Å². The summed E-state index contributed by atoms with van der Waals surface area (Å²) in [5.41, 5.74) is 1.26. The molecule has 0 aliphatic heterocycles. The molecule has 0 aromatic heterocycles. The maximum atomic E-state index is 10.2. The first-order valence-corrected chi connectivity index (χ1v) is 6.53. The SMILES string of the molecule is C.C.N#COc1ccc(CC2CCC(N=C=O)CC2)cc1. The van der Waals surface area contributed by atoms with Crippen molar-refractivity contribution >= 4 is 6.08 Å². The summed E-state index contributed by atoms with van der Waals surface area (Å²) < 4.78 is 4.75. The number of ether oxygens (including phenoxy) is 1. The highest BCUT2D eigenvalue weighted by atomic mass is 16.5. The van der Waals surface area contributed by atoms with Crippen molar-refractivity contribution in [3.05, 3.63) is 29.8 Å². The average Bonchev–Trinajstić information content (AvgIpc) is 2.44. The lowest BCUT2D eigenvalue weighted by Gasteiger charge is -2.25. The minimum atomic E-state index is 0. The Bertz CT molecular complexity index is 491. The van der Waals surface area contributed by atoms with Crippen LogP contribution >= 0.6 is 0 Å². The summed E-state index contributed by atoms with van der Waals surface area (Å²) in [6, 6.07) is 7.83. The molecule has 4 nitrogen and oxygen atoms in total. The summed E-state index contributed by atoms with van der Waals surface area (Å²) in [6.45, 7) is 0. The first-order valence-electron chi connectivity index (χ1n) is 6.53. The van der Waals surface area contributed by atoms with E-state index >= 15 is 0 Å². The fourth-order valence-corrected chi connectivity index (χ4v) is 2.63. The van der Waals surface area contributed by atoms with E-state index in [-0.39, 0.29) is 20.9 Å². The van der Waals surface area contributed by atoms with Crippen molar-refractivity contribution in [1.29, 1.82) is 5.26 Å². The highest BCUT2D eigenvalue weighted by molar-refractivity contribution is 5.33. The molecule has 0 spiro atoms. The number of benzene rings is 1. The molecule has 0 radical (unpaired) electrons. The van der Waals surface area contributed by atoms with Crippen LogP contribution in [0.15, 0.2) is 29.3 Å². The lowest BCUT2D eigenvalue weighted by atomic mass is 9.82. The summed E-state index contributed by atoms with van der Waals surface area (Å²) >= 11 is 0. The van der Waals surface area contributed by atoms with Gasteiger partial charge in [0.1, 0.15) is 5.75 Å². The van der Waals surface area contributed by atoms with Gasteiger partial charge in [-0.2, -0.15) is 0 Å². The lowest BCUT2D eigenvalue weighted by molar-refractivity contribution is 0.325. The molecule has 1 fully saturated rings. The minimum absolute atomic E-state index is 0. The van der Waals surface area contributed by atoms with E-state index in [2.05, 4.69) is 4.99 Å². The van der Waals surface area contributed by atoms with Gasteiger partial charge in [-0.15, -0.1) is 5.26 Å². The molecule has 0 amide bonds. The van der Waals surface area contributed by atoms with Gasteiger partial charge in [0.2, 0.25) is 6.08 Å². The molecule has 0 bridgehead atoms. The van der Waals surface area contributed by atoms with Gasteiger partial charge in [-0.1, -0.05) is 27.0 Å². The zero-order valence-electron chi connectivity index (χ0n) is 10.7. The summed E-state index contributed by atoms with van der Waals surface area (Å²) in [7, 11) is 0. The molecule has 1 saturated carbocycles. The van der Waals surface area contributed by atoms with E-state index in [0.29, 0.717) is 11.7 Å². The predicted octanol–water partition coefficient (Wildman–Crippen LogP) is 4.26. The predicted molar refractivity (Wildman–Crippen MR) is 83.7 cm³/mol. The molecule has 1 aromatic carbocycles. The molecule has 0 unspecified atom stereocenters. The summed E-state index contributed by atoms with van der Waals surface area (Å²) in [6.07, 6.45) is 8.52. The molecule has 2 rings (SSSR count). The Labute approximate surface area is 127 Å². The molecule has 1 aliphatic rings. The van der Waals surface area contributed by atoms with Crippen LogP contribution in [0.25, 0.3) is 0 Å². The van der Waals surface area contributed by atoms with Crippen molar-refractivity contribution in [2.24, 2.45) is 10.9 Å². The normalized spacial score (nSPS) is 20.0. The molecule has 1 aromatic rings. The first-order chi connectivity index (χ1) is 9.31. The van der Waals surface area contributed by atoms with E-state index < -0.39 is 0 Å². The van der Waals surface area contributed by atoms with Gasteiger partial charge in [-0.05, 0) is 55.7 Å². The van der Waals surface area contributed by atoms with E-state index in [1.165, 1.54) is 5.56 Å². The van der Waals surface area contributed by atoms with E-state index in [0.717, 1.165) is 32.1 Å². The van der Waals surface area contributed by atoms with Gasteiger partial charge in [0.15, 0.2) is 0 Å². The van der Waals surface area contributed by atoms with Crippen molar-refractivity contribution < 1.29 is 9.53 Å². The monoisotopic (exact) mass is 288 g/mol. The second-order valence-electron chi connectivity index (χ2n) is 4.94. The number of nitriles is 1. The van der Waals surface area contributed by atoms with Gasteiger partial charge >= 0.3 is 0 Å². The smallest absolute Gasteiger partial charge is 0.292 e. The Hall–Kier alpha value is -2.11. The fourth-order valence-electron chi connectivity index (χ4n) is 2.63. The van der Waals surface area contributed by atoms with Crippen molar-refractivity contribution in [1.82, 2.24) is 0 Å². The number of rotatable bonds is 4. The molecule has 4 heteroatoms. The van der Waals surface area contributed by atoms with Gasteiger partial charge in [-0.3, -0.25) is 0 Å². The largest absolute Gasteiger partial charge is 0.388 e. The van der Waals surface area contributed by atoms with Crippen molar-refractivity contribution in [3.8, 4) is 12.0 Å². The number of hydrogen-bond acceptors (Lipinski definition) is 4. The Balaban J connectivity index is 0.00000200. The number of hydrogen-bond donors (Lipinski definition) is 0. The molecule has 21 heavy (non-hydrogen) atoms. The molecule has 114 valence electrons. The van der Waals surface area contributed by atoms with Crippen LogP contribution in [0.1, 0.15) is 46.1 Å². The maximum Gasteiger partial charge on any atom is 0.292 e.